The third-order valence-electron chi connectivity index (χ3n) is 4.14. The molecule has 3 aromatic rings. The molecule has 0 bridgehead atoms. The summed E-state index contributed by atoms with van der Waals surface area (Å²) in [6.45, 7) is 1.58. The molecule has 1 aromatic heterocycles. The minimum atomic E-state index is -0.337. The summed E-state index contributed by atoms with van der Waals surface area (Å²) >= 11 is 0. The van der Waals surface area contributed by atoms with E-state index in [9.17, 15) is 9.59 Å². The molecular formula is C21H21N3O4. The number of hydrogen-bond donors (Lipinski definition) is 1. The fourth-order valence-electron chi connectivity index (χ4n) is 2.78. The Labute approximate surface area is 162 Å². The standard InChI is InChI=1S/C21H21N3O4/c1-14-11-20(26)24(21(22-14)15-7-9-17(27-2)10-8-15)13-19(25)23-16-5-4-6-18(12-16)28-3/h4-12H,13H2,1-3H3,(H,23,25). The number of aryl methyl sites for hydroxylation is 1. The fraction of sp³-hybridized carbons (Fsp3) is 0.190. The highest BCUT2D eigenvalue weighted by molar-refractivity contribution is 5.91. The van der Waals surface area contributed by atoms with E-state index < -0.39 is 0 Å². The Hall–Kier alpha value is -3.61. The van der Waals surface area contributed by atoms with Crippen LogP contribution in [-0.4, -0.2) is 29.7 Å². The molecule has 2 aromatic carbocycles. The topological polar surface area (TPSA) is 82.5 Å². The quantitative estimate of drug-likeness (QED) is 0.712. The number of nitrogens with one attached hydrogen (secondary N) is 1. The highest BCUT2D eigenvalue weighted by Gasteiger charge is 2.14. The van der Waals surface area contributed by atoms with E-state index in [4.69, 9.17) is 9.47 Å². The van der Waals surface area contributed by atoms with E-state index in [0.29, 0.717) is 28.7 Å². The monoisotopic (exact) mass is 379 g/mol. The van der Waals surface area contributed by atoms with E-state index in [-0.39, 0.29) is 18.0 Å². The van der Waals surface area contributed by atoms with Crippen LogP contribution in [0.4, 0.5) is 5.69 Å². The zero-order chi connectivity index (χ0) is 20.1. The van der Waals surface area contributed by atoms with Crippen molar-refractivity contribution in [1.82, 2.24) is 9.55 Å². The van der Waals surface area contributed by atoms with E-state index in [1.54, 1.807) is 69.7 Å². The van der Waals surface area contributed by atoms with Crippen LogP contribution in [-0.2, 0) is 11.3 Å². The maximum Gasteiger partial charge on any atom is 0.254 e. The van der Waals surface area contributed by atoms with Gasteiger partial charge < -0.3 is 14.8 Å². The van der Waals surface area contributed by atoms with Gasteiger partial charge in [0.15, 0.2) is 0 Å². The number of rotatable bonds is 6. The molecule has 0 spiro atoms. The van der Waals surface area contributed by atoms with Gasteiger partial charge in [0.1, 0.15) is 23.9 Å². The SMILES string of the molecule is COc1ccc(-c2nc(C)cc(=O)n2CC(=O)Nc2cccc(OC)c2)cc1. The van der Waals surface area contributed by atoms with Crippen LogP contribution in [0.1, 0.15) is 5.69 Å². The summed E-state index contributed by atoms with van der Waals surface area (Å²) in [6, 6.07) is 15.6. The van der Waals surface area contributed by atoms with Gasteiger partial charge in [-0.25, -0.2) is 4.98 Å². The summed E-state index contributed by atoms with van der Waals surface area (Å²) in [4.78, 5) is 29.6. The van der Waals surface area contributed by atoms with Gasteiger partial charge in [-0.1, -0.05) is 6.07 Å². The minimum Gasteiger partial charge on any atom is -0.497 e. The largest absolute Gasteiger partial charge is 0.497 e. The van der Waals surface area contributed by atoms with Gasteiger partial charge in [0.25, 0.3) is 5.56 Å². The number of carbonyl (C=O) groups excluding carboxylic acids is 1. The highest BCUT2D eigenvalue weighted by atomic mass is 16.5. The third-order valence-corrected chi connectivity index (χ3v) is 4.14. The van der Waals surface area contributed by atoms with Crippen LogP contribution >= 0.6 is 0 Å². The van der Waals surface area contributed by atoms with Crippen molar-refractivity contribution in [2.45, 2.75) is 13.5 Å². The number of methoxy groups -OCH3 is 2. The molecule has 144 valence electrons. The Bertz CT molecular complexity index is 1040. The second kappa shape index (κ2) is 8.39. The maximum atomic E-state index is 12.5. The van der Waals surface area contributed by atoms with E-state index in [1.165, 1.54) is 10.6 Å². The van der Waals surface area contributed by atoms with Crippen molar-refractivity contribution in [1.29, 1.82) is 0 Å². The second-order valence-corrected chi connectivity index (χ2v) is 6.15. The number of anilines is 1. The van der Waals surface area contributed by atoms with Gasteiger partial charge in [-0.05, 0) is 43.3 Å². The Morgan fingerprint density at radius 2 is 1.75 bits per heavy atom. The number of hydrogen-bond acceptors (Lipinski definition) is 5. The van der Waals surface area contributed by atoms with Gasteiger partial charge in [0, 0.05) is 29.1 Å². The summed E-state index contributed by atoms with van der Waals surface area (Å²) in [5, 5.41) is 2.78. The normalized spacial score (nSPS) is 10.4. The number of benzene rings is 2. The molecule has 1 amide bonds. The lowest BCUT2D eigenvalue weighted by molar-refractivity contribution is -0.116. The van der Waals surface area contributed by atoms with Crippen LogP contribution < -0.4 is 20.3 Å². The van der Waals surface area contributed by atoms with Crippen LogP contribution in [0.25, 0.3) is 11.4 Å². The molecule has 0 saturated heterocycles. The first-order chi connectivity index (χ1) is 13.5. The number of nitrogens with zero attached hydrogens (tertiary/aromatic N) is 2. The van der Waals surface area contributed by atoms with Crippen molar-refractivity contribution in [3.63, 3.8) is 0 Å². The number of amides is 1. The van der Waals surface area contributed by atoms with Gasteiger partial charge in [0.05, 0.1) is 14.2 Å². The molecule has 0 aliphatic carbocycles. The van der Waals surface area contributed by atoms with Crippen LogP contribution in [0.3, 0.4) is 0 Å². The maximum absolute atomic E-state index is 12.5. The molecule has 1 N–H and O–H groups in total. The molecule has 0 fully saturated rings. The molecule has 7 heteroatoms. The Morgan fingerprint density at radius 3 is 2.43 bits per heavy atom. The summed E-state index contributed by atoms with van der Waals surface area (Å²) in [7, 11) is 3.14. The number of carbonyl (C=O) groups is 1. The number of ether oxygens (including phenoxy) is 2. The Morgan fingerprint density at radius 1 is 1.04 bits per heavy atom. The molecule has 7 nitrogen and oxygen atoms in total. The van der Waals surface area contributed by atoms with Gasteiger partial charge in [-0.15, -0.1) is 0 Å². The average Bonchev–Trinajstić information content (AvgIpc) is 2.70. The Balaban J connectivity index is 1.90. The molecule has 0 unspecified atom stereocenters. The average molecular weight is 379 g/mol. The predicted molar refractivity (Wildman–Crippen MR) is 107 cm³/mol. The summed E-state index contributed by atoms with van der Waals surface area (Å²) in [5.74, 6) is 1.41. The lowest BCUT2D eigenvalue weighted by Gasteiger charge is -2.13. The van der Waals surface area contributed by atoms with E-state index >= 15 is 0 Å². The fourth-order valence-corrected chi connectivity index (χ4v) is 2.78. The van der Waals surface area contributed by atoms with E-state index in [1.807, 2.05) is 0 Å². The molecule has 0 atom stereocenters. The second-order valence-electron chi connectivity index (χ2n) is 6.15. The molecule has 0 radical (unpaired) electrons. The predicted octanol–water partition coefficient (Wildman–Crippen LogP) is 2.87. The van der Waals surface area contributed by atoms with Crippen LogP contribution in [0.5, 0.6) is 11.5 Å². The van der Waals surface area contributed by atoms with Crippen LogP contribution in [0, 0.1) is 6.92 Å². The van der Waals surface area contributed by atoms with E-state index in [2.05, 4.69) is 10.3 Å². The van der Waals surface area contributed by atoms with Gasteiger partial charge in [0.2, 0.25) is 5.91 Å². The summed E-state index contributed by atoms with van der Waals surface area (Å²) in [6.07, 6.45) is 0. The molecule has 28 heavy (non-hydrogen) atoms. The first kappa shape index (κ1) is 19.2. The molecular weight excluding hydrogens is 358 g/mol. The molecule has 0 aliphatic heterocycles. The van der Waals surface area contributed by atoms with Crippen molar-refractivity contribution in [2.24, 2.45) is 0 Å². The first-order valence-corrected chi connectivity index (χ1v) is 8.67. The lowest BCUT2D eigenvalue weighted by Crippen LogP contribution is -2.29. The van der Waals surface area contributed by atoms with Crippen molar-refractivity contribution < 1.29 is 14.3 Å². The smallest absolute Gasteiger partial charge is 0.254 e. The van der Waals surface area contributed by atoms with Crippen LogP contribution in [0.2, 0.25) is 0 Å². The van der Waals surface area contributed by atoms with Crippen molar-refractivity contribution in [3.8, 4) is 22.9 Å². The first-order valence-electron chi connectivity index (χ1n) is 8.67. The molecule has 0 saturated carbocycles. The van der Waals surface area contributed by atoms with Crippen molar-refractivity contribution in [2.75, 3.05) is 19.5 Å². The van der Waals surface area contributed by atoms with Crippen LogP contribution in [0.15, 0.2) is 59.4 Å². The van der Waals surface area contributed by atoms with Gasteiger partial charge >= 0.3 is 0 Å². The van der Waals surface area contributed by atoms with E-state index in [0.717, 1.165) is 5.56 Å². The van der Waals surface area contributed by atoms with Crippen molar-refractivity contribution in [3.05, 3.63) is 70.6 Å². The molecule has 1 heterocycles. The lowest BCUT2D eigenvalue weighted by atomic mass is 10.2. The zero-order valence-electron chi connectivity index (χ0n) is 15.9. The zero-order valence-corrected chi connectivity index (χ0v) is 15.9. The third kappa shape index (κ3) is 4.37. The summed E-state index contributed by atoms with van der Waals surface area (Å²) < 4.78 is 11.7. The molecule has 0 aliphatic rings. The Kier molecular flexibility index (Phi) is 5.74. The number of aromatic nitrogens is 2. The van der Waals surface area contributed by atoms with Crippen molar-refractivity contribution >= 4 is 11.6 Å². The van der Waals surface area contributed by atoms with Gasteiger partial charge in [-0.2, -0.15) is 0 Å². The molecule has 3 rings (SSSR count). The summed E-state index contributed by atoms with van der Waals surface area (Å²) in [5.41, 5.74) is 1.60. The van der Waals surface area contributed by atoms with Gasteiger partial charge in [-0.3, -0.25) is 14.2 Å². The highest BCUT2D eigenvalue weighted by Crippen LogP contribution is 2.21. The minimum absolute atomic E-state index is 0.162.